The van der Waals surface area contributed by atoms with Crippen LogP contribution in [-0.2, 0) is 6.42 Å². The van der Waals surface area contributed by atoms with Gasteiger partial charge in [-0.05, 0) is 24.5 Å². The minimum Gasteiger partial charge on any atom is -0.240 e. The van der Waals surface area contributed by atoms with Crippen LogP contribution in [0, 0.1) is 11.3 Å². The number of fused-ring (bicyclic) bond motifs is 1. The maximum absolute atomic E-state index is 8.56. The summed E-state index contributed by atoms with van der Waals surface area (Å²) in [5, 5.41) is 9.46. The maximum atomic E-state index is 8.56. The molecule has 0 aliphatic rings. The van der Waals surface area contributed by atoms with Crippen molar-refractivity contribution in [3.05, 3.63) is 23.2 Å². The Kier molecular flexibility index (Phi) is 2.71. The summed E-state index contributed by atoms with van der Waals surface area (Å²) in [7, 11) is 0. The van der Waals surface area contributed by atoms with E-state index < -0.39 is 0 Å². The van der Waals surface area contributed by atoms with Crippen molar-refractivity contribution in [1.29, 1.82) is 5.26 Å². The Morgan fingerprint density at radius 3 is 3.14 bits per heavy atom. The van der Waals surface area contributed by atoms with Gasteiger partial charge in [0.05, 0.1) is 22.7 Å². The molecule has 2 rings (SSSR count). The lowest BCUT2D eigenvalue weighted by molar-refractivity contribution is 1.21. The second-order valence-electron chi connectivity index (χ2n) is 2.78. The average Bonchev–Trinajstić information content (AvgIpc) is 2.59. The Morgan fingerprint density at radius 1 is 1.57 bits per heavy atom. The summed E-state index contributed by atoms with van der Waals surface area (Å²) in [4.78, 5) is 5.61. The average molecular weight is 220 g/mol. The first kappa shape index (κ1) is 9.50. The van der Waals surface area contributed by atoms with Crippen molar-refractivity contribution in [2.24, 2.45) is 0 Å². The predicted molar refractivity (Wildman–Crippen MR) is 60.7 cm³/mol. The summed E-state index contributed by atoms with van der Waals surface area (Å²) in [6.45, 7) is 0. The van der Waals surface area contributed by atoms with E-state index >= 15 is 0 Å². The first-order valence-electron chi connectivity index (χ1n) is 4.14. The number of nitrogens with zero attached hydrogens (tertiary/aromatic N) is 2. The summed E-state index contributed by atoms with van der Waals surface area (Å²) in [5.74, 6) is 0. The van der Waals surface area contributed by atoms with Gasteiger partial charge in [-0.15, -0.1) is 23.1 Å². The highest BCUT2D eigenvalue weighted by Gasteiger charge is 2.03. The number of thioether (sulfide) groups is 1. The van der Waals surface area contributed by atoms with Gasteiger partial charge in [-0.3, -0.25) is 0 Å². The molecule has 0 bridgehead atoms. The number of hydrogen-bond donors (Lipinski definition) is 0. The second kappa shape index (κ2) is 3.99. The second-order valence-corrected chi connectivity index (χ2v) is 4.77. The van der Waals surface area contributed by atoms with Crippen molar-refractivity contribution < 1.29 is 0 Å². The molecule has 0 saturated heterocycles. The van der Waals surface area contributed by atoms with Gasteiger partial charge in [0.25, 0.3) is 0 Å². The van der Waals surface area contributed by atoms with Crippen LogP contribution in [0.15, 0.2) is 23.1 Å². The fourth-order valence-corrected chi connectivity index (χ4v) is 2.68. The summed E-state index contributed by atoms with van der Waals surface area (Å²) in [6, 6.07) is 8.31. The number of aromatic nitrogens is 1. The normalized spacial score (nSPS) is 10.3. The zero-order valence-electron chi connectivity index (χ0n) is 7.65. The van der Waals surface area contributed by atoms with E-state index in [-0.39, 0.29) is 0 Å². The van der Waals surface area contributed by atoms with E-state index in [0.29, 0.717) is 6.42 Å². The summed E-state index contributed by atoms with van der Waals surface area (Å²) in [5.41, 5.74) is 0.998. The fourth-order valence-electron chi connectivity index (χ4n) is 1.22. The third-order valence-electron chi connectivity index (χ3n) is 1.87. The van der Waals surface area contributed by atoms with Crippen LogP contribution in [0.5, 0.6) is 0 Å². The van der Waals surface area contributed by atoms with Crippen LogP contribution in [0.3, 0.4) is 0 Å². The first-order valence-corrected chi connectivity index (χ1v) is 6.18. The Labute approximate surface area is 90.6 Å². The topological polar surface area (TPSA) is 36.7 Å². The third kappa shape index (κ3) is 1.74. The lowest BCUT2D eigenvalue weighted by Gasteiger charge is -1.93. The lowest BCUT2D eigenvalue weighted by atomic mass is 10.3. The molecular formula is C10H8N2S2. The molecule has 0 aliphatic heterocycles. The minimum atomic E-state index is 0.411. The standard InChI is InChI=1S/C10H8N2S2/c1-13-7-2-3-8-9(6-7)14-10(12-8)4-5-11/h2-3,6H,4H2,1H3. The monoisotopic (exact) mass is 220 g/mol. The molecule has 0 N–H and O–H groups in total. The highest BCUT2D eigenvalue weighted by Crippen LogP contribution is 2.26. The molecule has 2 nitrogen and oxygen atoms in total. The zero-order valence-corrected chi connectivity index (χ0v) is 9.28. The Balaban J connectivity index is 2.50. The molecule has 0 fully saturated rings. The number of benzene rings is 1. The van der Waals surface area contributed by atoms with Crippen LogP contribution < -0.4 is 0 Å². The highest BCUT2D eigenvalue weighted by atomic mass is 32.2. The van der Waals surface area contributed by atoms with E-state index in [0.717, 1.165) is 10.5 Å². The molecule has 0 spiro atoms. The largest absolute Gasteiger partial charge is 0.240 e. The SMILES string of the molecule is CSc1ccc2nc(CC#N)sc2c1. The Hall–Kier alpha value is -1.05. The van der Waals surface area contributed by atoms with Gasteiger partial charge in [-0.1, -0.05) is 0 Å². The molecule has 14 heavy (non-hydrogen) atoms. The van der Waals surface area contributed by atoms with Gasteiger partial charge >= 0.3 is 0 Å². The van der Waals surface area contributed by atoms with Crippen molar-refractivity contribution in [3.8, 4) is 6.07 Å². The molecular weight excluding hydrogens is 212 g/mol. The number of hydrogen-bond acceptors (Lipinski definition) is 4. The van der Waals surface area contributed by atoms with Crippen LogP contribution in [0.2, 0.25) is 0 Å². The molecule has 0 atom stereocenters. The molecule has 1 aromatic carbocycles. The van der Waals surface area contributed by atoms with Crippen molar-refractivity contribution in [1.82, 2.24) is 4.98 Å². The summed E-state index contributed by atoms with van der Waals surface area (Å²) < 4.78 is 1.17. The molecule has 0 radical (unpaired) electrons. The smallest absolute Gasteiger partial charge is 0.108 e. The number of nitriles is 1. The zero-order chi connectivity index (χ0) is 9.97. The maximum Gasteiger partial charge on any atom is 0.108 e. The molecule has 70 valence electrons. The lowest BCUT2D eigenvalue weighted by Crippen LogP contribution is -1.76. The van der Waals surface area contributed by atoms with E-state index in [4.69, 9.17) is 5.26 Å². The highest BCUT2D eigenvalue weighted by molar-refractivity contribution is 7.98. The molecule has 0 unspecified atom stereocenters. The predicted octanol–water partition coefficient (Wildman–Crippen LogP) is 3.08. The van der Waals surface area contributed by atoms with Crippen molar-refractivity contribution in [3.63, 3.8) is 0 Å². The van der Waals surface area contributed by atoms with Gasteiger partial charge in [0.15, 0.2) is 0 Å². The molecule has 0 saturated carbocycles. The van der Waals surface area contributed by atoms with E-state index in [1.54, 1.807) is 23.1 Å². The van der Waals surface area contributed by atoms with E-state index in [9.17, 15) is 0 Å². The first-order chi connectivity index (χ1) is 6.83. The van der Waals surface area contributed by atoms with Gasteiger partial charge in [-0.2, -0.15) is 5.26 Å². The van der Waals surface area contributed by atoms with Gasteiger partial charge < -0.3 is 0 Å². The minimum absolute atomic E-state index is 0.411. The van der Waals surface area contributed by atoms with E-state index in [1.165, 1.54) is 9.60 Å². The summed E-state index contributed by atoms with van der Waals surface area (Å²) >= 11 is 3.32. The summed E-state index contributed by atoms with van der Waals surface area (Å²) in [6.07, 6.45) is 2.46. The van der Waals surface area contributed by atoms with Crippen LogP contribution >= 0.6 is 23.1 Å². The van der Waals surface area contributed by atoms with Crippen LogP contribution in [0.4, 0.5) is 0 Å². The van der Waals surface area contributed by atoms with Crippen molar-refractivity contribution in [2.75, 3.05) is 6.26 Å². The molecule has 0 aliphatic carbocycles. The third-order valence-corrected chi connectivity index (χ3v) is 3.61. The molecule has 4 heteroatoms. The van der Waals surface area contributed by atoms with Gasteiger partial charge in [-0.25, -0.2) is 4.98 Å². The number of rotatable bonds is 2. The van der Waals surface area contributed by atoms with Crippen molar-refractivity contribution >= 4 is 33.3 Å². The van der Waals surface area contributed by atoms with Crippen molar-refractivity contribution in [2.45, 2.75) is 11.3 Å². The van der Waals surface area contributed by atoms with E-state index in [2.05, 4.69) is 29.4 Å². The Morgan fingerprint density at radius 2 is 2.43 bits per heavy atom. The van der Waals surface area contributed by atoms with Gasteiger partial charge in [0.2, 0.25) is 0 Å². The molecule has 0 amide bonds. The molecule has 1 heterocycles. The van der Waals surface area contributed by atoms with Crippen LogP contribution in [0.25, 0.3) is 10.2 Å². The van der Waals surface area contributed by atoms with Gasteiger partial charge in [0, 0.05) is 4.90 Å². The fraction of sp³-hybridized carbons (Fsp3) is 0.200. The molecule has 2 aromatic rings. The van der Waals surface area contributed by atoms with Crippen LogP contribution in [-0.4, -0.2) is 11.2 Å². The van der Waals surface area contributed by atoms with E-state index in [1.807, 2.05) is 6.07 Å². The number of thiazole rings is 1. The van der Waals surface area contributed by atoms with Gasteiger partial charge in [0.1, 0.15) is 5.01 Å². The quantitative estimate of drug-likeness (QED) is 0.730. The molecule has 1 aromatic heterocycles. The Bertz CT molecular complexity index is 496. The van der Waals surface area contributed by atoms with Crippen LogP contribution in [0.1, 0.15) is 5.01 Å².